The zero-order valence-electron chi connectivity index (χ0n) is 12.5. The SMILES string of the molecule is NC[C@@H](NC(=O)CNCc1ccc(Cl)cc1)c1ncc(CO)s1. The van der Waals surface area contributed by atoms with Crippen LogP contribution in [0.3, 0.4) is 0 Å². The van der Waals surface area contributed by atoms with Crippen molar-refractivity contribution in [2.75, 3.05) is 13.1 Å². The molecule has 0 saturated carbocycles. The fourth-order valence-corrected chi connectivity index (χ4v) is 2.91. The predicted molar refractivity (Wildman–Crippen MR) is 91.1 cm³/mol. The van der Waals surface area contributed by atoms with Gasteiger partial charge in [0.25, 0.3) is 0 Å². The number of aliphatic hydroxyl groups is 1. The summed E-state index contributed by atoms with van der Waals surface area (Å²) in [6.45, 7) is 0.939. The van der Waals surface area contributed by atoms with E-state index >= 15 is 0 Å². The standard InChI is InChI=1S/C15H19ClN4O2S/c16-11-3-1-10(2-4-11)6-18-8-14(22)20-13(5-17)15-19-7-12(9-21)23-15/h1-4,7,13,18,21H,5-6,8-9,17H2,(H,20,22)/t13-/m1/s1. The maximum absolute atomic E-state index is 12.0. The van der Waals surface area contributed by atoms with Gasteiger partial charge in [0.15, 0.2) is 0 Å². The Labute approximate surface area is 143 Å². The van der Waals surface area contributed by atoms with Crippen LogP contribution in [0.4, 0.5) is 0 Å². The van der Waals surface area contributed by atoms with E-state index in [0.29, 0.717) is 16.6 Å². The number of amides is 1. The van der Waals surface area contributed by atoms with Gasteiger partial charge in [0.2, 0.25) is 5.91 Å². The van der Waals surface area contributed by atoms with Gasteiger partial charge < -0.3 is 21.5 Å². The summed E-state index contributed by atoms with van der Waals surface area (Å²) in [7, 11) is 0. The third-order valence-electron chi connectivity index (χ3n) is 3.12. The number of carbonyl (C=O) groups excluding carboxylic acids is 1. The van der Waals surface area contributed by atoms with Crippen molar-refractivity contribution in [3.63, 3.8) is 0 Å². The van der Waals surface area contributed by atoms with Crippen LogP contribution >= 0.6 is 22.9 Å². The van der Waals surface area contributed by atoms with Crippen molar-refractivity contribution < 1.29 is 9.90 Å². The highest BCUT2D eigenvalue weighted by Gasteiger charge is 2.16. The van der Waals surface area contributed by atoms with Gasteiger partial charge in [-0.2, -0.15) is 0 Å². The number of rotatable bonds is 8. The van der Waals surface area contributed by atoms with Gasteiger partial charge in [-0.3, -0.25) is 4.79 Å². The highest BCUT2D eigenvalue weighted by atomic mass is 35.5. The summed E-state index contributed by atoms with van der Waals surface area (Å²) in [5, 5.41) is 16.3. The summed E-state index contributed by atoms with van der Waals surface area (Å²) in [5.74, 6) is -0.157. The number of nitrogens with zero attached hydrogens (tertiary/aromatic N) is 1. The number of aliphatic hydroxyl groups excluding tert-OH is 1. The van der Waals surface area contributed by atoms with E-state index in [2.05, 4.69) is 15.6 Å². The lowest BCUT2D eigenvalue weighted by atomic mass is 10.2. The molecule has 0 aliphatic heterocycles. The molecule has 6 nitrogen and oxygen atoms in total. The molecule has 2 rings (SSSR count). The molecular formula is C15H19ClN4O2S. The quantitative estimate of drug-likeness (QED) is 0.570. The van der Waals surface area contributed by atoms with Crippen molar-refractivity contribution in [3.05, 3.63) is 50.9 Å². The monoisotopic (exact) mass is 354 g/mol. The Hall–Kier alpha value is -1.51. The summed E-state index contributed by atoms with van der Waals surface area (Å²) in [4.78, 5) is 16.9. The molecule has 8 heteroatoms. The van der Waals surface area contributed by atoms with Gasteiger partial charge in [-0.05, 0) is 17.7 Å². The minimum atomic E-state index is -0.342. The molecule has 1 amide bonds. The number of aromatic nitrogens is 1. The number of hydrogen-bond acceptors (Lipinski definition) is 6. The molecule has 0 spiro atoms. The van der Waals surface area contributed by atoms with Crippen LogP contribution in [0.25, 0.3) is 0 Å². The Morgan fingerprint density at radius 1 is 1.39 bits per heavy atom. The van der Waals surface area contributed by atoms with E-state index in [1.807, 2.05) is 24.3 Å². The van der Waals surface area contributed by atoms with Crippen LogP contribution in [0.2, 0.25) is 5.02 Å². The summed E-state index contributed by atoms with van der Waals surface area (Å²) < 4.78 is 0. The lowest BCUT2D eigenvalue weighted by Crippen LogP contribution is -2.38. The average Bonchev–Trinajstić information content (AvgIpc) is 3.03. The molecule has 1 heterocycles. The van der Waals surface area contributed by atoms with Gasteiger partial charge in [0, 0.05) is 24.3 Å². The Kier molecular flexibility index (Phi) is 6.94. The fourth-order valence-electron chi connectivity index (χ4n) is 1.95. The van der Waals surface area contributed by atoms with Crippen LogP contribution in [0.15, 0.2) is 30.5 Å². The van der Waals surface area contributed by atoms with Crippen molar-refractivity contribution in [1.29, 1.82) is 0 Å². The third kappa shape index (κ3) is 5.56. The lowest BCUT2D eigenvalue weighted by molar-refractivity contribution is -0.121. The number of carbonyl (C=O) groups is 1. The minimum absolute atomic E-state index is 0.0639. The molecule has 2 aromatic rings. The Bertz CT molecular complexity index is 633. The van der Waals surface area contributed by atoms with Crippen LogP contribution in [0.1, 0.15) is 21.5 Å². The van der Waals surface area contributed by atoms with E-state index in [-0.39, 0.29) is 31.6 Å². The first kappa shape index (κ1) is 17.8. The number of nitrogens with two attached hydrogens (primary N) is 1. The number of halogens is 1. The third-order valence-corrected chi connectivity index (χ3v) is 4.47. The van der Waals surface area contributed by atoms with E-state index in [1.54, 1.807) is 6.20 Å². The minimum Gasteiger partial charge on any atom is -0.391 e. The number of thiazole rings is 1. The molecule has 0 aliphatic rings. The highest BCUT2D eigenvalue weighted by molar-refractivity contribution is 7.11. The first-order valence-electron chi connectivity index (χ1n) is 7.12. The second-order valence-electron chi connectivity index (χ2n) is 4.91. The van der Waals surface area contributed by atoms with Gasteiger partial charge in [-0.15, -0.1) is 11.3 Å². The van der Waals surface area contributed by atoms with Gasteiger partial charge in [-0.1, -0.05) is 23.7 Å². The summed E-state index contributed by atoms with van der Waals surface area (Å²) in [6.07, 6.45) is 1.59. The van der Waals surface area contributed by atoms with Crippen LogP contribution in [-0.2, 0) is 17.9 Å². The van der Waals surface area contributed by atoms with Crippen molar-refractivity contribution in [1.82, 2.24) is 15.6 Å². The van der Waals surface area contributed by atoms with E-state index in [4.69, 9.17) is 22.4 Å². The maximum Gasteiger partial charge on any atom is 0.234 e. The molecule has 0 unspecified atom stereocenters. The van der Waals surface area contributed by atoms with Gasteiger partial charge in [-0.25, -0.2) is 4.98 Å². The first-order valence-corrected chi connectivity index (χ1v) is 8.32. The van der Waals surface area contributed by atoms with E-state index in [9.17, 15) is 4.79 Å². The molecule has 1 aromatic carbocycles. The zero-order chi connectivity index (χ0) is 16.7. The van der Waals surface area contributed by atoms with Crippen molar-refractivity contribution in [2.24, 2.45) is 5.73 Å². The molecule has 1 aromatic heterocycles. The number of benzene rings is 1. The largest absolute Gasteiger partial charge is 0.391 e. The molecule has 1 atom stereocenters. The molecule has 0 bridgehead atoms. The second-order valence-corrected chi connectivity index (χ2v) is 6.49. The predicted octanol–water partition coefficient (Wildman–Crippen LogP) is 1.19. The smallest absolute Gasteiger partial charge is 0.234 e. The van der Waals surface area contributed by atoms with Gasteiger partial charge in [0.05, 0.1) is 24.1 Å². The second kappa shape index (κ2) is 8.95. The Morgan fingerprint density at radius 2 is 2.13 bits per heavy atom. The Balaban J connectivity index is 1.79. The molecule has 0 aliphatic carbocycles. The summed E-state index contributed by atoms with van der Waals surface area (Å²) >= 11 is 7.16. The lowest BCUT2D eigenvalue weighted by Gasteiger charge is -2.14. The van der Waals surface area contributed by atoms with E-state index < -0.39 is 0 Å². The average molecular weight is 355 g/mol. The van der Waals surface area contributed by atoms with Crippen LogP contribution in [0.5, 0.6) is 0 Å². The molecular weight excluding hydrogens is 336 g/mol. The maximum atomic E-state index is 12.0. The van der Waals surface area contributed by atoms with E-state index in [1.165, 1.54) is 11.3 Å². The van der Waals surface area contributed by atoms with Crippen LogP contribution in [-0.4, -0.2) is 29.1 Å². The normalized spacial score (nSPS) is 12.1. The molecule has 0 saturated heterocycles. The van der Waals surface area contributed by atoms with E-state index in [0.717, 1.165) is 10.4 Å². The van der Waals surface area contributed by atoms with Crippen molar-refractivity contribution in [3.8, 4) is 0 Å². The van der Waals surface area contributed by atoms with Gasteiger partial charge in [0.1, 0.15) is 5.01 Å². The molecule has 23 heavy (non-hydrogen) atoms. The highest BCUT2D eigenvalue weighted by Crippen LogP contribution is 2.19. The first-order chi connectivity index (χ1) is 11.1. The number of hydrogen-bond donors (Lipinski definition) is 4. The molecule has 0 radical (unpaired) electrons. The topological polar surface area (TPSA) is 100 Å². The zero-order valence-corrected chi connectivity index (χ0v) is 14.0. The number of nitrogens with one attached hydrogen (secondary N) is 2. The van der Waals surface area contributed by atoms with Crippen LogP contribution in [0, 0.1) is 0 Å². The van der Waals surface area contributed by atoms with Crippen molar-refractivity contribution >= 4 is 28.8 Å². The summed E-state index contributed by atoms with van der Waals surface area (Å²) in [6, 6.07) is 7.09. The van der Waals surface area contributed by atoms with Gasteiger partial charge >= 0.3 is 0 Å². The molecule has 5 N–H and O–H groups in total. The van der Waals surface area contributed by atoms with Crippen molar-refractivity contribution in [2.45, 2.75) is 19.2 Å². The molecule has 124 valence electrons. The van der Waals surface area contributed by atoms with Crippen LogP contribution < -0.4 is 16.4 Å². The Morgan fingerprint density at radius 3 is 2.74 bits per heavy atom. The fraction of sp³-hybridized carbons (Fsp3) is 0.333. The summed E-state index contributed by atoms with van der Waals surface area (Å²) in [5.41, 5.74) is 6.74. The molecule has 0 fully saturated rings.